The van der Waals surface area contributed by atoms with Crippen molar-refractivity contribution in [2.45, 2.75) is 13.5 Å². The lowest BCUT2D eigenvalue weighted by atomic mass is 10.1. The molecule has 2 N–H and O–H groups in total. The Kier molecular flexibility index (Phi) is 5.83. The topological polar surface area (TPSA) is 93.1 Å². The fourth-order valence-corrected chi connectivity index (χ4v) is 4.53. The molecule has 0 aliphatic carbocycles. The van der Waals surface area contributed by atoms with Crippen molar-refractivity contribution in [1.82, 2.24) is 20.6 Å². The third-order valence-electron chi connectivity index (χ3n) is 4.63. The maximum Gasteiger partial charge on any atom is 0.290 e. The number of nitrogens with zero attached hydrogens (tertiary/aromatic N) is 2. The molecule has 0 fully saturated rings. The van der Waals surface area contributed by atoms with Gasteiger partial charge in [0.05, 0.1) is 10.4 Å². The lowest BCUT2D eigenvalue weighted by molar-refractivity contribution is -0.117. The van der Waals surface area contributed by atoms with Gasteiger partial charge in [0.25, 0.3) is 17.4 Å². The van der Waals surface area contributed by atoms with E-state index in [-0.39, 0.29) is 11.3 Å². The zero-order chi connectivity index (χ0) is 22.0. The molecule has 4 aromatic rings. The van der Waals surface area contributed by atoms with Crippen molar-refractivity contribution >= 4 is 61.7 Å². The van der Waals surface area contributed by atoms with Crippen LogP contribution in [0.15, 0.2) is 59.4 Å². The van der Waals surface area contributed by atoms with E-state index in [1.807, 2.05) is 24.3 Å². The summed E-state index contributed by atoms with van der Waals surface area (Å²) in [5, 5.41) is 6.43. The number of aromatic nitrogens is 2. The van der Waals surface area contributed by atoms with E-state index in [9.17, 15) is 14.4 Å². The molecule has 156 valence electrons. The minimum absolute atomic E-state index is 0.0499. The molecule has 2 heterocycles. The normalized spacial score (nSPS) is 11.3. The standard InChI is InChI=1S/C22H17ClN4O3S/c1-2-27-22(30)14-8-4-3-7-13(14)20(26-27)21(29)25-24-18(28)12-11-17-19(23)15-9-5-6-10-16(15)31-17/h3-12H,2H2,1H3,(H,24,28)(H,25,29)/b12-11+. The number of fused-ring (bicyclic) bond motifs is 2. The highest BCUT2D eigenvalue weighted by atomic mass is 35.5. The third-order valence-corrected chi connectivity index (χ3v) is 6.28. The predicted octanol–water partition coefficient (Wildman–Crippen LogP) is 3.76. The monoisotopic (exact) mass is 452 g/mol. The Morgan fingerprint density at radius 1 is 1.06 bits per heavy atom. The van der Waals surface area contributed by atoms with Crippen molar-refractivity contribution in [2.24, 2.45) is 0 Å². The molecule has 0 radical (unpaired) electrons. The smallest absolute Gasteiger partial charge is 0.268 e. The van der Waals surface area contributed by atoms with Gasteiger partial charge in [0, 0.05) is 33.0 Å². The molecule has 0 saturated heterocycles. The largest absolute Gasteiger partial charge is 0.290 e. The van der Waals surface area contributed by atoms with E-state index < -0.39 is 11.8 Å². The van der Waals surface area contributed by atoms with Gasteiger partial charge in [-0.2, -0.15) is 5.10 Å². The average Bonchev–Trinajstić information content (AvgIpc) is 3.12. The van der Waals surface area contributed by atoms with Crippen molar-refractivity contribution in [1.29, 1.82) is 0 Å². The third kappa shape index (κ3) is 4.08. The van der Waals surface area contributed by atoms with Crippen LogP contribution in [0.25, 0.3) is 26.9 Å². The van der Waals surface area contributed by atoms with E-state index in [4.69, 9.17) is 11.6 Å². The van der Waals surface area contributed by atoms with Gasteiger partial charge in [-0.15, -0.1) is 11.3 Å². The zero-order valence-corrected chi connectivity index (χ0v) is 18.0. The quantitative estimate of drug-likeness (QED) is 0.364. The van der Waals surface area contributed by atoms with Gasteiger partial charge in [-0.3, -0.25) is 25.2 Å². The number of rotatable bonds is 4. The van der Waals surface area contributed by atoms with Crippen LogP contribution >= 0.6 is 22.9 Å². The lowest BCUT2D eigenvalue weighted by Gasteiger charge is -2.10. The van der Waals surface area contributed by atoms with Crippen molar-refractivity contribution in [3.63, 3.8) is 0 Å². The van der Waals surface area contributed by atoms with E-state index in [2.05, 4.69) is 16.0 Å². The number of nitrogens with one attached hydrogen (secondary N) is 2. The van der Waals surface area contributed by atoms with E-state index in [0.717, 1.165) is 15.0 Å². The molecule has 0 saturated carbocycles. The number of thiophene rings is 1. The van der Waals surface area contributed by atoms with E-state index in [1.54, 1.807) is 37.3 Å². The van der Waals surface area contributed by atoms with Crippen molar-refractivity contribution in [3.8, 4) is 0 Å². The number of aryl methyl sites for hydroxylation is 1. The summed E-state index contributed by atoms with van der Waals surface area (Å²) in [5.41, 5.74) is 4.45. The van der Waals surface area contributed by atoms with Crippen LogP contribution in [0, 0.1) is 0 Å². The Balaban J connectivity index is 1.50. The molecule has 0 unspecified atom stereocenters. The minimum Gasteiger partial charge on any atom is -0.268 e. The van der Waals surface area contributed by atoms with E-state index >= 15 is 0 Å². The number of benzene rings is 2. The van der Waals surface area contributed by atoms with E-state index in [0.29, 0.717) is 22.3 Å². The average molecular weight is 453 g/mol. The van der Waals surface area contributed by atoms with Gasteiger partial charge in [-0.05, 0) is 25.1 Å². The molecule has 7 nitrogen and oxygen atoms in total. The number of carbonyl (C=O) groups excluding carboxylic acids is 2. The fourth-order valence-electron chi connectivity index (χ4n) is 3.13. The second-order valence-corrected chi connectivity index (χ2v) is 8.03. The maximum atomic E-state index is 12.6. The summed E-state index contributed by atoms with van der Waals surface area (Å²) >= 11 is 7.83. The fraction of sp³-hybridized carbons (Fsp3) is 0.0909. The zero-order valence-electron chi connectivity index (χ0n) is 16.4. The molecule has 31 heavy (non-hydrogen) atoms. The highest BCUT2D eigenvalue weighted by molar-refractivity contribution is 7.20. The second kappa shape index (κ2) is 8.71. The molecule has 9 heteroatoms. The summed E-state index contributed by atoms with van der Waals surface area (Å²) in [7, 11) is 0. The Morgan fingerprint density at radius 2 is 1.74 bits per heavy atom. The van der Waals surface area contributed by atoms with Gasteiger partial charge in [-0.25, -0.2) is 4.68 Å². The molecule has 0 spiro atoms. The van der Waals surface area contributed by atoms with Gasteiger partial charge in [0.1, 0.15) is 0 Å². The summed E-state index contributed by atoms with van der Waals surface area (Å²) in [4.78, 5) is 38.0. The number of amides is 2. The summed E-state index contributed by atoms with van der Waals surface area (Å²) in [6.45, 7) is 2.07. The van der Waals surface area contributed by atoms with Gasteiger partial charge in [0.2, 0.25) is 0 Å². The highest BCUT2D eigenvalue weighted by Gasteiger charge is 2.16. The van der Waals surface area contributed by atoms with Crippen LogP contribution in [-0.4, -0.2) is 21.6 Å². The molecule has 0 aliphatic rings. The summed E-state index contributed by atoms with van der Waals surface area (Å²) in [6, 6.07) is 14.4. The number of hydrogen-bond donors (Lipinski definition) is 2. The number of hydrogen-bond acceptors (Lipinski definition) is 5. The van der Waals surface area contributed by atoms with Gasteiger partial charge >= 0.3 is 0 Å². The summed E-state index contributed by atoms with van der Waals surface area (Å²) in [6.07, 6.45) is 2.88. The summed E-state index contributed by atoms with van der Waals surface area (Å²) in [5.74, 6) is -1.16. The molecule has 0 aliphatic heterocycles. The van der Waals surface area contributed by atoms with Crippen LogP contribution in [0.5, 0.6) is 0 Å². The Hall–Kier alpha value is -3.49. The van der Waals surface area contributed by atoms with Crippen molar-refractivity contribution in [3.05, 3.63) is 80.6 Å². The Bertz CT molecular complexity index is 1410. The first-order valence-electron chi connectivity index (χ1n) is 9.45. The minimum atomic E-state index is -0.625. The van der Waals surface area contributed by atoms with Crippen molar-refractivity contribution in [2.75, 3.05) is 0 Å². The second-order valence-electron chi connectivity index (χ2n) is 6.57. The molecule has 0 atom stereocenters. The van der Waals surface area contributed by atoms with Crippen LogP contribution in [0.1, 0.15) is 22.3 Å². The summed E-state index contributed by atoms with van der Waals surface area (Å²) < 4.78 is 2.23. The van der Waals surface area contributed by atoms with Crippen LogP contribution in [0.3, 0.4) is 0 Å². The van der Waals surface area contributed by atoms with Gasteiger partial charge < -0.3 is 0 Å². The van der Waals surface area contributed by atoms with Crippen molar-refractivity contribution < 1.29 is 9.59 Å². The highest BCUT2D eigenvalue weighted by Crippen LogP contribution is 2.35. The van der Waals surface area contributed by atoms with Crippen LogP contribution in [-0.2, 0) is 11.3 Å². The lowest BCUT2D eigenvalue weighted by Crippen LogP contribution is -2.42. The molecule has 2 aromatic carbocycles. The number of carbonyl (C=O) groups is 2. The maximum absolute atomic E-state index is 12.6. The first-order valence-corrected chi connectivity index (χ1v) is 10.6. The number of halogens is 1. The van der Waals surface area contributed by atoms with Crippen LogP contribution in [0.4, 0.5) is 0 Å². The van der Waals surface area contributed by atoms with E-state index in [1.165, 1.54) is 22.1 Å². The number of hydrazine groups is 1. The Labute approximate surface area is 185 Å². The first kappa shape index (κ1) is 20.8. The van der Waals surface area contributed by atoms with Gasteiger partial charge in [-0.1, -0.05) is 48.0 Å². The molecular weight excluding hydrogens is 436 g/mol. The molecule has 2 aromatic heterocycles. The van der Waals surface area contributed by atoms with Crippen LogP contribution in [0.2, 0.25) is 5.02 Å². The predicted molar refractivity (Wildman–Crippen MR) is 123 cm³/mol. The first-order chi connectivity index (χ1) is 15.0. The van der Waals surface area contributed by atoms with Gasteiger partial charge in [0.15, 0.2) is 5.69 Å². The molecule has 4 rings (SSSR count). The SMILES string of the molecule is CCn1nc(C(=O)NNC(=O)/C=C/c2sc3ccccc3c2Cl)c2ccccc2c1=O. The molecule has 2 amide bonds. The molecule has 0 bridgehead atoms. The van der Waals surface area contributed by atoms with Crippen LogP contribution < -0.4 is 16.4 Å². The molecular formula is C22H17ClN4O3S. The Morgan fingerprint density at radius 3 is 2.45 bits per heavy atom.